The Morgan fingerprint density at radius 1 is 1.04 bits per heavy atom. The molecular formula is C22H29N3O3. The molecule has 2 aromatic rings. The lowest BCUT2D eigenvalue weighted by atomic mass is 9.91. The first-order valence-electron chi connectivity index (χ1n) is 9.52. The number of piperazine rings is 1. The van der Waals surface area contributed by atoms with Crippen molar-refractivity contribution < 1.29 is 14.3 Å². The van der Waals surface area contributed by atoms with Gasteiger partial charge in [0.15, 0.2) is 0 Å². The highest BCUT2D eigenvalue weighted by atomic mass is 16.5. The molecule has 1 aliphatic heterocycles. The number of ether oxygens (including phenoxy) is 2. The molecule has 0 radical (unpaired) electrons. The third kappa shape index (κ3) is 4.29. The summed E-state index contributed by atoms with van der Waals surface area (Å²) in [7, 11) is 3.33. The lowest BCUT2D eigenvalue weighted by Crippen LogP contribution is -2.56. The Hall–Kier alpha value is -2.57. The Bertz CT molecular complexity index is 800. The highest BCUT2D eigenvalue weighted by molar-refractivity contribution is 5.87. The third-order valence-corrected chi connectivity index (χ3v) is 5.36. The second-order valence-electron chi connectivity index (χ2n) is 7.31. The van der Waals surface area contributed by atoms with Crippen LogP contribution in [0.3, 0.4) is 0 Å². The number of nitrogens with two attached hydrogens (primary N) is 1. The van der Waals surface area contributed by atoms with Crippen molar-refractivity contribution in [3.63, 3.8) is 0 Å². The average Bonchev–Trinajstić information content (AvgIpc) is 2.74. The highest BCUT2D eigenvalue weighted by Gasteiger charge is 2.35. The predicted octanol–water partition coefficient (Wildman–Crippen LogP) is 2.22. The summed E-state index contributed by atoms with van der Waals surface area (Å²) in [5, 5.41) is 0. The molecule has 1 heterocycles. The fourth-order valence-electron chi connectivity index (χ4n) is 3.59. The van der Waals surface area contributed by atoms with Gasteiger partial charge in [-0.1, -0.05) is 30.3 Å². The summed E-state index contributed by atoms with van der Waals surface area (Å²) < 4.78 is 10.8. The van der Waals surface area contributed by atoms with Gasteiger partial charge in [0.05, 0.1) is 14.2 Å². The van der Waals surface area contributed by atoms with Crippen molar-refractivity contribution in [3.8, 4) is 11.5 Å². The molecule has 150 valence electrons. The largest absolute Gasteiger partial charge is 0.497 e. The summed E-state index contributed by atoms with van der Waals surface area (Å²) in [5.74, 6) is 1.63. The first-order chi connectivity index (χ1) is 13.5. The van der Waals surface area contributed by atoms with E-state index in [1.165, 1.54) is 0 Å². The second-order valence-corrected chi connectivity index (χ2v) is 7.31. The van der Waals surface area contributed by atoms with Crippen molar-refractivity contribution in [2.75, 3.05) is 40.4 Å². The molecule has 0 bridgehead atoms. The van der Waals surface area contributed by atoms with E-state index < -0.39 is 5.54 Å². The van der Waals surface area contributed by atoms with E-state index >= 15 is 0 Å². The molecule has 0 spiro atoms. The van der Waals surface area contributed by atoms with Crippen molar-refractivity contribution in [1.29, 1.82) is 0 Å². The van der Waals surface area contributed by atoms with E-state index in [1.807, 2.05) is 53.4 Å². The van der Waals surface area contributed by atoms with Gasteiger partial charge >= 0.3 is 0 Å². The molecule has 0 aromatic heterocycles. The zero-order valence-corrected chi connectivity index (χ0v) is 16.9. The zero-order valence-electron chi connectivity index (χ0n) is 16.9. The van der Waals surface area contributed by atoms with E-state index in [4.69, 9.17) is 15.2 Å². The molecule has 1 aliphatic rings. The van der Waals surface area contributed by atoms with Gasteiger partial charge in [0.2, 0.25) is 5.91 Å². The summed E-state index contributed by atoms with van der Waals surface area (Å²) >= 11 is 0. The summed E-state index contributed by atoms with van der Waals surface area (Å²) in [5.41, 5.74) is 7.31. The molecule has 1 atom stereocenters. The van der Waals surface area contributed by atoms with Crippen LogP contribution in [0, 0.1) is 0 Å². The van der Waals surface area contributed by atoms with Gasteiger partial charge < -0.3 is 20.1 Å². The fraction of sp³-hybridized carbons (Fsp3) is 0.409. The maximum atomic E-state index is 13.0. The van der Waals surface area contributed by atoms with E-state index in [9.17, 15) is 4.79 Å². The van der Waals surface area contributed by atoms with Gasteiger partial charge in [-0.3, -0.25) is 9.69 Å². The molecule has 0 saturated carbocycles. The van der Waals surface area contributed by atoms with Crippen molar-refractivity contribution in [1.82, 2.24) is 9.80 Å². The Kier molecular flexibility index (Phi) is 6.21. The number of methoxy groups -OCH3 is 2. The summed E-state index contributed by atoms with van der Waals surface area (Å²) in [4.78, 5) is 17.2. The minimum Gasteiger partial charge on any atom is -0.497 e. The maximum Gasteiger partial charge on any atom is 0.247 e. The maximum absolute atomic E-state index is 13.0. The number of hydrogen-bond acceptors (Lipinski definition) is 5. The van der Waals surface area contributed by atoms with Crippen LogP contribution < -0.4 is 15.2 Å². The number of rotatable bonds is 6. The standard InChI is InChI=1S/C22H29N3O3/c1-22(23,18-7-5-4-6-8-18)21(26)25-13-11-24(12-14-25)16-17-15-19(27-2)9-10-20(17)28-3/h4-10,15H,11-14,16,23H2,1-3H3. The minimum atomic E-state index is -1.01. The molecular weight excluding hydrogens is 354 g/mol. The van der Waals surface area contributed by atoms with Crippen LogP contribution in [0.5, 0.6) is 11.5 Å². The first-order valence-corrected chi connectivity index (χ1v) is 9.52. The van der Waals surface area contributed by atoms with Gasteiger partial charge in [0.25, 0.3) is 0 Å². The van der Waals surface area contributed by atoms with E-state index in [0.717, 1.165) is 42.3 Å². The molecule has 1 fully saturated rings. The molecule has 0 aliphatic carbocycles. The molecule has 28 heavy (non-hydrogen) atoms. The summed E-state index contributed by atoms with van der Waals surface area (Å²) in [6.07, 6.45) is 0. The van der Waals surface area contributed by atoms with Gasteiger partial charge in [-0.25, -0.2) is 0 Å². The van der Waals surface area contributed by atoms with Crippen LogP contribution in [0.15, 0.2) is 48.5 Å². The van der Waals surface area contributed by atoms with Crippen molar-refractivity contribution in [2.24, 2.45) is 5.73 Å². The van der Waals surface area contributed by atoms with Crippen LogP contribution in [-0.4, -0.2) is 56.1 Å². The van der Waals surface area contributed by atoms with E-state index in [1.54, 1.807) is 21.1 Å². The Labute approximate surface area is 166 Å². The zero-order chi connectivity index (χ0) is 20.1. The number of nitrogens with zero attached hydrogens (tertiary/aromatic N) is 2. The summed E-state index contributed by atoms with van der Waals surface area (Å²) in [6, 6.07) is 15.4. The molecule has 1 saturated heterocycles. The normalized spacial score (nSPS) is 17.1. The molecule has 3 rings (SSSR count). The predicted molar refractivity (Wildman–Crippen MR) is 109 cm³/mol. The van der Waals surface area contributed by atoms with Gasteiger partial charge in [-0.05, 0) is 30.7 Å². The highest BCUT2D eigenvalue weighted by Crippen LogP contribution is 2.26. The van der Waals surface area contributed by atoms with Gasteiger partial charge in [-0.2, -0.15) is 0 Å². The van der Waals surface area contributed by atoms with E-state index in [2.05, 4.69) is 4.90 Å². The van der Waals surface area contributed by atoms with E-state index in [-0.39, 0.29) is 5.91 Å². The number of carbonyl (C=O) groups excluding carboxylic acids is 1. The smallest absolute Gasteiger partial charge is 0.247 e. The van der Waals surface area contributed by atoms with Crippen LogP contribution in [0.2, 0.25) is 0 Å². The molecule has 2 aromatic carbocycles. The van der Waals surface area contributed by atoms with Crippen molar-refractivity contribution in [3.05, 3.63) is 59.7 Å². The topological polar surface area (TPSA) is 68.0 Å². The van der Waals surface area contributed by atoms with Crippen LogP contribution in [-0.2, 0) is 16.9 Å². The molecule has 1 amide bonds. The molecule has 1 unspecified atom stereocenters. The number of carbonyl (C=O) groups is 1. The number of amides is 1. The lowest BCUT2D eigenvalue weighted by Gasteiger charge is -2.38. The number of benzene rings is 2. The Morgan fingerprint density at radius 3 is 2.32 bits per heavy atom. The molecule has 6 nitrogen and oxygen atoms in total. The third-order valence-electron chi connectivity index (χ3n) is 5.36. The Balaban J connectivity index is 1.63. The van der Waals surface area contributed by atoms with Gasteiger partial charge in [0, 0.05) is 38.3 Å². The van der Waals surface area contributed by atoms with Crippen LogP contribution in [0.1, 0.15) is 18.1 Å². The SMILES string of the molecule is COc1ccc(OC)c(CN2CCN(C(=O)C(C)(N)c3ccccc3)CC2)c1. The summed E-state index contributed by atoms with van der Waals surface area (Å²) in [6.45, 7) is 5.43. The average molecular weight is 383 g/mol. The van der Waals surface area contributed by atoms with Crippen molar-refractivity contribution in [2.45, 2.75) is 19.0 Å². The van der Waals surface area contributed by atoms with Gasteiger partial charge in [0.1, 0.15) is 17.0 Å². The monoisotopic (exact) mass is 383 g/mol. The lowest BCUT2D eigenvalue weighted by molar-refractivity contribution is -0.138. The molecule has 6 heteroatoms. The van der Waals surface area contributed by atoms with Crippen LogP contribution in [0.25, 0.3) is 0 Å². The van der Waals surface area contributed by atoms with Crippen molar-refractivity contribution >= 4 is 5.91 Å². The first kappa shape index (κ1) is 20.2. The Morgan fingerprint density at radius 2 is 1.71 bits per heavy atom. The quantitative estimate of drug-likeness (QED) is 0.828. The van der Waals surface area contributed by atoms with E-state index in [0.29, 0.717) is 13.1 Å². The van der Waals surface area contributed by atoms with Crippen LogP contribution in [0.4, 0.5) is 0 Å². The number of hydrogen-bond donors (Lipinski definition) is 1. The van der Waals surface area contributed by atoms with Crippen LogP contribution >= 0.6 is 0 Å². The fourth-order valence-corrected chi connectivity index (χ4v) is 3.59. The molecule has 2 N–H and O–H groups in total. The minimum absolute atomic E-state index is 0.0303. The second kappa shape index (κ2) is 8.63. The van der Waals surface area contributed by atoms with Gasteiger partial charge in [-0.15, -0.1) is 0 Å².